The first-order chi connectivity index (χ1) is 8.85. The molecule has 0 radical (unpaired) electrons. The number of hydrogen-bond acceptors (Lipinski definition) is 2. The van der Waals surface area contributed by atoms with Crippen LogP contribution >= 0.6 is 15.9 Å². The molecule has 1 aromatic rings. The van der Waals surface area contributed by atoms with Crippen LogP contribution in [-0.2, 0) is 0 Å². The largest absolute Gasteiger partial charge is 0.491 e. The minimum absolute atomic E-state index is 0.0178. The first kappa shape index (κ1) is 16.0. The van der Waals surface area contributed by atoms with Crippen molar-refractivity contribution in [2.24, 2.45) is 0 Å². The van der Waals surface area contributed by atoms with Crippen molar-refractivity contribution < 1.29 is 9.53 Å². The second kappa shape index (κ2) is 6.94. The van der Waals surface area contributed by atoms with Gasteiger partial charge >= 0.3 is 0 Å². The summed E-state index contributed by atoms with van der Waals surface area (Å²) in [6, 6.07) is 5.72. The minimum atomic E-state index is 0.0178. The molecule has 4 heteroatoms. The Morgan fingerprint density at radius 3 is 2.47 bits per heavy atom. The molecule has 0 saturated heterocycles. The third-order valence-corrected chi connectivity index (χ3v) is 3.52. The molecule has 0 aliphatic carbocycles. The average molecular weight is 328 g/mol. The van der Waals surface area contributed by atoms with Gasteiger partial charge in [-0.3, -0.25) is 4.79 Å². The number of halogens is 1. The summed E-state index contributed by atoms with van der Waals surface area (Å²) in [7, 11) is 1.83. The number of amides is 1. The average Bonchev–Trinajstić information content (AvgIpc) is 2.34. The smallest absolute Gasteiger partial charge is 0.254 e. The van der Waals surface area contributed by atoms with E-state index >= 15 is 0 Å². The topological polar surface area (TPSA) is 29.5 Å². The molecule has 1 rings (SSSR count). The van der Waals surface area contributed by atoms with Crippen LogP contribution in [0.2, 0.25) is 0 Å². The van der Waals surface area contributed by atoms with Crippen LogP contribution in [0.15, 0.2) is 22.7 Å². The zero-order valence-electron chi connectivity index (χ0n) is 12.2. The van der Waals surface area contributed by atoms with E-state index in [9.17, 15) is 4.79 Å². The minimum Gasteiger partial charge on any atom is -0.491 e. The highest BCUT2D eigenvalue weighted by Crippen LogP contribution is 2.23. The number of nitrogens with zero attached hydrogens (tertiary/aromatic N) is 1. The zero-order chi connectivity index (χ0) is 14.6. The lowest BCUT2D eigenvalue weighted by atomic mass is 10.1. The molecule has 0 N–H and O–H groups in total. The molecule has 0 aromatic heterocycles. The van der Waals surface area contributed by atoms with E-state index < -0.39 is 0 Å². The quantitative estimate of drug-likeness (QED) is 0.814. The molecule has 0 aliphatic rings. The van der Waals surface area contributed by atoms with E-state index in [2.05, 4.69) is 22.9 Å². The normalized spacial score (nSPS) is 12.4. The van der Waals surface area contributed by atoms with Gasteiger partial charge in [0.1, 0.15) is 5.75 Å². The predicted molar refractivity (Wildman–Crippen MR) is 81.8 cm³/mol. The van der Waals surface area contributed by atoms with Crippen LogP contribution in [0.4, 0.5) is 0 Å². The second-order valence-electron chi connectivity index (χ2n) is 5.02. The van der Waals surface area contributed by atoms with Crippen molar-refractivity contribution in [3.63, 3.8) is 0 Å². The number of rotatable bonds is 5. The Bertz CT molecular complexity index is 446. The zero-order valence-corrected chi connectivity index (χ0v) is 13.8. The SMILES string of the molecule is CC[C@H](C)N(C)C(=O)c1cc(Br)cc(OC(C)C)c1. The fourth-order valence-corrected chi connectivity index (χ4v) is 2.18. The van der Waals surface area contributed by atoms with Crippen molar-refractivity contribution >= 4 is 21.8 Å². The summed E-state index contributed by atoms with van der Waals surface area (Å²) in [5.41, 5.74) is 0.646. The van der Waals surface area contributed by atoms with Crippen molar-refractivity contribution in [3.8, 4) is 5.75 Å². The van der Waals surface area contributed by atoms with Gasteiger partial charge in [0.15, 0.2) is 0 Å². The van der Waals surface area contributed by atoms with Crippen molar-refractivity contribution in [1.29, 1.82) is 0 Å². The second-order valence-corrected chi connectivity index (χ2v) is 5.93. The molecule has 3 nitrogen and oxygen atoms in total. The Hall–Kier alpha value is -1.03. The molecule has 0 unspecified atom stereocenters. The van der Waals surface area contributed by atoms with Gasteiger partial charge in [-0.1, -0.05) is 22.9 Å². The molecule has 19 heavy (non-hydrogen) atoms. The lowest BCUT2D eigenvalue weighted by Gasteiger charge is -2.24. The van der Waals surface area contributed by atoms with Gasteiger partial charge in [0.2, 0.25) is 0 Å². The van der Waals surface area contributed by atoms with E-state index in [1.165, 1.54) is 0 Å². The monoisotopic (exact) mass is 327 g/mol. The highest BCUT2D eigenvalue weighted by molar-refractivity contribution is 9.10. The Morgan fingerprint density at radius 1 is 1.32 bits per heavy atom. The number of hydrogen-bond donors (Lipinski definition) is 0. The van der Waals surface area contributed by atoms with Crippen LogP contribution in [0.5, 0.6) is 5.75 Å². The van der Waals surface area contributed by atoms with Crippen LogP contribution in [0.1, 0.15) is 44.5 Å². The van der Waals surface area contributed by atoms with Gasteiger partial charge in [-0.2, -0.15) is 0 Å². The third kappa shape index (κ3) is 4.53. The van der Waals surface area contributed by atoms with Gasteiger partial charge < -0.3 is 9.64 Å². The molecule has 0 spiro atoms. The molecule has 0 fully saturated rings. The van der Waals surface area contributed by atoms with Gasteiger partial charge in [0, 0.05) is 23.1 Å². The Labute approximate surface area is 124 Å². The Balaban J connectivity index is 3.00. The Morgan fingerprint density at radius 2 is 1.95 bits per heavy atom. The summed E-state index contributed by atoms with van der Waals surface area (Å²) >= 11 is 3.42. The molecule has 106 valence electrons. The van der Waals surface area contributed by atoms with Crippen LogP contribution in [-0.4, -0.2) is 30.0 Å². The molecule has 1 aromatic carbocycles. The highest BCUT2D eigenvalue weighted by Gasteiger charge is 2.17. The van der Waals surface area contributed by atoms with Crippen molar-refractivity contribution in [2.75, 3.05) is 7.05 Å². The summed E-state index contributed by atoms with van der Waals surface area (Å²) in [6.45, 7) is 8.05. The summed E-state index contributed by atoms with van der Waals surface area (Å²) in [6.07, 6.45) is 1.02. The number of carbonyl (C=O) groups excluding carboxylic acids is 1. The summed E-state index contributed by atoms with van der Waals surface area (Å²) < 4.78 is 6.50. The highest BCUT2D eigenvalue weighted by atomic mass is 79.9. The first-order valence-corrected chi connectivity index (χ1v) is 7.38. The van der Waals surface area contributed by atoms with Gasteiger partial charge in [0.05, 0.1) is 6.10 Å². The maximum Gasteiger partial charge on any atom is 0.254 e. The van der Waals surface area contributed by atoms with Crippen LogP contribution < -0.4 is 4.74 Å². The van der Waals surface area contributed by atoms with Crippen LogP contribution in [0.3, 0.4) is 0 Å². The third-order valence-electron chi connectivity index (χ3n) is 3.06. The van der Waals surface area contributed by atoms with E-state index in [1.54, 1.807) is 11.0 Å². The fraction of sp³-hybridized carbons (Fsp3) is 0.533. The molecule has 0 saturated carbocycles. The standard InChI is InChI=1S/C15H22BrNO2/c1-6-11(4)17(5)15(18)12-7-13(16)9-14(8-12)19-10(2)3/h7-11H,6H2,1-5H3/t11-/m0/s1. The van der Waals surface area contributed by atoms with E-state index in [0.29, 0.717) is 11.3 Å². The summed E-state index contributed by atoms with van der Waals surface area (Å²) in [5.74, 6) is 0.731. The van der Waals surface area contributed by atoms with Gasteiger partial charge in [-0.25, -0.2) is 0 Å². The molecular formula is C15H22BrNO2. The Kier molecular flexibility index (Phi) is 5.85. The van der Waals surface area contributed by atoms with E-state index in [-0.39, 0.29) is 18.1 Å². The molecule has 1 atom stereocenters. The first-order valence-electron chi connectivity index (χ1n) is 6.59. The molecule has 1 amide bonds. The van der Waals surface area contributed by atoms with Gasteiger partial charge in [0.25, 0.3) is 5.91 Å². The summed E-state index contributed by atoms with van der Waals surface area (Å²) in [5, 5.41) is 0. The molecule has 0 bridgehead atoms. The van der Waals surface area contributed by atoms with Crippen molar-refractivity contribution in [2.45, 2.75) is 46.3 Å². The molecule has 0 aliphatic heterocycles. The van der Waals surface area contributed by atoms with Gasteiger partial charge in [-0.15, -0.1) is 0 Å². The lowest BCUT2D eigenvalue weighted by molar-refractivity contribution is 0.0739. The van der Waals surface area contributed by atoms with Crippen molar-refractivity contribution in [1.82, 2.24) is 4.90 Å². The van der Waals surface area contributed by atoms with E-state index in [4.69, 9.17) is 4.74 Å². The molecular weight excluding hydrogens is 306 g/mol. The number of ether oxygens (including phenoxy) is 1. The number of benzene rings is 1. The van der Waals surface area contributed by atoms with E-state index in [0.717, 1.165) is 10.9 Å². The maximum atomic E-state index is 12.4. The number of carbonyl (C=O) groups is 1. The summed E-state index contributed by atoms with van der Waals surface area (Å²) in [4.78, 5) is 14.1. The van der Waals surface area contributed by atoms with E-state index in [1.807, 2.05) is 40.0 Å². The fourth-order valence-electron chi connectivity index (χ4n) is 1.70. The van der Waals surface area contributed by atoms with Crippen molar-refractivity contribution in [3.05, 3.63) is 28.2 Å². The predicted octanol–water partition coefficient (Wildman–Crippen LogP) is 4.11. The van der Waals surface area contributed by atoms with Gasteiger partial charge in [-0.05, 0) is 45.4 Å². The maximum absolute atomic E-state index is 12.4. The molecule has 0 heterocycles. The van der Waals surface area contributed by atoms with Crippen LogP contribution in [0.25, 0.3) is 0 Å². The van der Waals surface area contributed by atoms with Crippen LogP contribution in [0, 0.1) is 0 Å². The lowest BCUT2D eigenvalue weighted by Crippen LogP contribution is -2.34.